The summed E-state index contributed by atoms with van der Waals surface area (Å²) in [6.45, 7) is 7.99. The topological polar surface area (TPSA) is 29.5 Å². The minimum atomic E-state index is 0.0988. The number of piperidine rings is 1. The van der Waals surface area contributed by atoms with Crippen LogP contribution in [-0.2, 0) is 11.2 Å². The highest BCUT2D eigenvalue weighted by Crippen LogP contribution is 2.24. The predicted molar refractivity (Wildman–Crippen MR) is 106 cm³/mol. The molecule has 1 aliphatic heterocycles. The molecule has 0 atom stereocenters. The van der Waals surface area contributed by atoms with Crippen molar-refractivity contribution >= 4 is 5.91 Å². The lowest BCUT2D eigenvalue weighted by atomic mass is 9.90. The molecule has 0 N–H and O–H groups in total. The highest BCUT2D eigenvalue weighted by Gasteiger charge is 2.23. The molecular weight excluding hydrogens is 322 g/mol. The molecule has 1 amide bonds. The van der Waals surface area contributed by atoms with Gasteiger partial charge in [0.25, 0.3) is 5.91 Å². The quantitative estimate of drug-likeness (QED) is 0.795. The van der Waals surface area contributed by atoms with Crippen molar-refractivity contribution in [3.05, 3.63) is 64.7 Å². The average molecular weight is 351 g/mol. The Hall–Kier alpha value is -2.29. The standard InChI is InChI=1S/C23H29NO2/c1-17-13-18(2)19(3)22(14-17)26-16-23(25)24-11-9-21(10-12-24)15-20-7-5-4-6-8-20/h4-8,13-14,21H,9-12,15-16H2,1-3H3. The molecule has 1 heterocycles. The number of ether oxygens (including phenoxy) is 1. The van der Waals surface area contributed by atoms with E-state index in [0.717, 1.165) is 49.2 Å². The van der Waals surface area contributed by atoms with Gasteiger partial charge in [-0.1, -0.05) is 36.4 Å². The van der Waals surface area contributed by atoms with Crippen molar-refractivity contribution in [2.75, 3.05) is 19.7 Å². The molecule has 138 valence electrons. The molecule has 26 heavy (non-hydrogen) atoms. The normalized spacial score (nSPS) is 15.1. The van der Waals surface area contributed by atoms with Crippen molar-refractivity contribution in [2.24, 2.45) is 5.92 Å². The fraction of sp³-hybridized carbons (Fsp3) is 0.435. The zero-order chi connectivity index (χ0) is 18.5. The first-order valence-corrected chi connectivity index (χ1v) is 9.55. The van der Waals surface area contributed by atoms with Crippen LogP contribution < -0.4 is 4.74 Å². The fourth-order valence-corrected chi connectivity index (χ4v) is 3.72. The number of nitrogens with zero attached hydrogens (tertiary/aromatic N) is 1. The Morgan fingerprint density at radius 3 is 2.46 bits per heavy atom. The molecule has 0 unspecified atom stereocenters. The van der Waals surface area contributed by atoms with Crippen molar-refractivity contribution in [1.29, 1.82) is 0 Å². The predicted octanol–water partition coefficient (Wildman–Crippen LogP) is 4.47. The summed E-state index contributed by atoms with van der Waals surface area (Å²) in [4.78, 5) is 14.5. The zero-order valence-corrected chi connectivity index (χ0v) is 16.1. The number of aryl methyl sites for hydroxylation is 2. The Bertz CT molecular complexity index is 746. The SMILES string of the molecule is Cc1cc(C)c(C)c(OCC(=O)N2CCC(Cc3ccccc3)CC2)c1. The van der Waals surface area contributed by atoms with Crippen LogP contribution >= 0.6 is 0 Å². The van der Waals surface area contributed by atoms with Crippen LogP contribution in [0.4, 0.5) is 0 Å². The maximum Gasteiger partial charge on any atom is 0.260 e. The monoisotopic (exact) mass is 351 g/mol. The first-order chi connectivity index (χ1) is 12.5. The molecule has 1 fully saturated rings. The lowest BCUT2D eigenvalue weighted by Gasteiger charge is -2.32. The zero-order valence-electron chi connectivity index (χ0n) is 16.1. The summed E-state index contributed by atoms with van der Waals surface area (Å²) in [6, 6.07) is 14.8. The van der Waals surface area contributed by atoms with Crippen molar-refractivity contribution < 1.29 is 9.53 Å². The number of hydrogen-bond acceptors (Lipinski definition) is 2. The summed E-state index contributed by atoms with van der Waals surface area (Å²) in [5.41, 5.74) is 4.88. The average Bonchev–Trinajstić information content (AvgIpc) is 2.64. The van der Waals surface area contributed by atoms with Gasteiger partial charge in [-0.2, -0.15) is 0 Å². The summed E-state index contributed by atoms with van der Waals surface area (Å²) in [7, 11) is 0. The number of rotatable bonds is 5. The highest BCUT2D eigenvalue weighted by atomic mass is 16.5. The molecule has 0 aliphatic carbocycles. The highest BCUT2D eigenvalue weighted by molar-refractivity contribution is 5.78. The van der Waals surface area contributed by atoms with Crippen LogP contribution in [0.2, 0.25) is 0 Å². The third-order valence-corrected chi connectivity index (χ3v) is 5.45. The van der Waals surface area contributed by atoms with E-state index in [1.54, 1.807) is 0 Å². The summed E-state index contributed by atoms with van der Waals surface area (Å²) < 4.78 is 5.84. The molecule has 3 nitrogen and oxygen atoms in total. The number of benzene rings is 2. The van der Waals surface area contributed by atoms with E-state index in [4.69, 9.17) is 4.74 Å². The largest absolute Gasteiger partial charge is 0.483 e. The van der Waals surface area contributed by atoms with Gasteiger partial charge in [-0.15, -0.1) is 0 Å². The van der Waals surface area contributed by atoms with Crippen molar-refractivity contribution in [2.45, 2.75) is 40.0 Å². The molecular formula is C23H29NO2. The van der Waals surface area contributed by atoms with E-state index in [2.05, 4.69) is 50.2 Å². The Morgan fingerprint density at radius 1 is 1.08 bits per heavy atom. The van der Waals surface area contributed by atoms with E-state index in [1.165, 1.54) is 11.1 Å². The number of amides is 1. The minimum absolute atomic E-state index is 0.0988. The first-order valence-electron chi connectivity index (χ1n) is 9.55. The summed E-state index contributed by atoms with van der Waals surface area (Å²) in [5, 5.41) is 0. The second-order valence-corrected chi connectivity index (χ2v) is 7.51. The van der Waals surface area contributed by atoms with E-state index in [0.29, 0.717) is 5.92 Å². The Labute approximate surface area is 157 Å². The molecule has 0 aromatic heterocycles. The fourth-order valence-electron chi connectivity index (χ4n) is 3.72. The van der Waals surface area contributed by atoms with E-state index in [1.807, 2.05) is 17.9 Å². The maximum absolute atomic E-state index is 12.5. The molecule has 0 radical (unpaired) electrons. The van der Waals surface area contributed by atoms with Crippen LogP contribution in [0, 0.1) is 26.7 Å². The molecule has 0 bridgehead atoms. The van der Waals surface area contributed by atoms with Gasteiger partial charge in [0.1, 0.15) is 5.75 Å². The van der Waals surface area contributed by atoms with Crippen LogP contribution in [0.3, 0.4) is 0 Å². The number of carbonyl (C=O) groups excluding carboxylic acids is 1. The van der Waals surface area contributed by atoms with Gasteiger partial charge in [0, 0.05) is 13.1 Å². The van der Waals surface area contributed by atoms with Gasteiger partial charge < -0.3 is 9.64 Å². The number of likely N-dealkylation sites (tertiary alicyclic amines) is 1. The molecule has 0 spiro atoms. The number of carbonyl (C=O) groups is 1. The Balaban J connectivity index is 1.48. The summed E-state index contributed by atoms with van der Waals surface area (Å²) >= 11 is 0. The van der Waals surface area contributed by atoms with Crippen LogP contribution in [0.25, 0.3) is 0 Å². The van der Waals surface area contributed by atoms with E-state index < -0.39 is 0 Å². The second kappa shape index (κ2) is 8.39. The third kappa shape index (κ3) is 4.66. The molecule has 1 aliphatic rings. The van der Waals surface area contributed by atoms with E-state index >= 15 is 0 Å². The third-order valence-electron chi connectivity index (χ3n) is 5.45. The van der Waals surface area contributed by atoms with Gasteiger partial charge in [-0.25, -0.2) is 0 Å². The van der Waals surface area contributed by atoms with Crippen LogP contribution in [0.5, 0.6) is 5.75 Å². The molecule has 2 aromatic carbocycles. The lowest BCUT2D eigenvalue weighted by Crippen LogP contribution is -2.41. The van der Waals surface area contributed by atoms with Gasteiger partial charge >= 0.3 is 0 Å². The second-order valence-electron chi connectivity index (χ2n) is 7.51. The van der Waals surface area contributed by atoms with Gasteiger partial charge in [-0.3, -0.25) is 4.79 Å². The van der Waals surface area contributed by atoms with Crippen LogP contribution in [0.15, 0.2) is 42.5 Å². The van der Waals surface area contributed by atoms with Crippen molar-refractivity contribution in [1.82, 2.24) is 4.90 Å². The summed E-state index contributed by atoms with van der Waals surface area (Å²) in [6.07, 6.45) is 3.26. The van der Waals surface area contributed by atoms with Crippen LogP contribution in [-0.4, -0.2) is 30.5 Å². The molecule has 2 aromatic rings. The van der Waals surface area contributed by atoms with Crippen molar-refractivity contribution in [3.8, 4) is 5.75 Å². The van der Waals surface area contributed by atoms with Gasteiger partial charge in [0.2, 0.25) is 0 Å². The van der Waals surface area contributed by atoms with Gasteiger partial charge in [0.05, 0.1) is 0 Å². The summed E-state index contributed by atoms with van der Waals surface area (Å²) in [5.74, 6) is 1.60. The van der Waals surface area contributed by atoms with Gasteiger partial charge in [0.15, 0.2) is 6.61 Å². The number of hydrogen-bond donors (Lipinski definition) is 0. The molecule has 3 heteroatoms. The maximum atomic E-state index is 12.5. The Morgan fingerprint density at radius 2 is 1.77 bits per heavy atom. The van der Waals surface area contributed by atoms with Gasteiger partial charge in [-0.05, 0) is 74.3 Å². The first kappa shape index (κ1) is 18.5. The lowest BCUT2D eigenvalue weighted by molar-refractivity contribution is -0.134. The minimum Gasteiger partial charge on any atom is -0.483 e. The molecule has 0 saturated carbocycles. The van der Waals surface area contributed by atoms with E-state index in [9.17, 15) is 4.79 Å². The molecule has 1 saturated heterocycles. The Kier molecular flexibility index (Phi) is 5.97. The van der Waals surface area contributed by atoms with Crippen molar-refractivity contribution in [3.63, 3.8) is 0 Å². The van der Waals surface area contributed by atoms with E-state index in [-0.39, 0.29) is 12.5 Å². The van der Waals surface area contributed by atoms with Crippen LogP contribution in [0.1, 0.15) is 35.1 Å². The molecule has 3 rings (SSSR count). The smallest absolute Gasteiger partial charge is 0.260 e.